The summed E-state index contributed by atoms with van der Waals surface area (Å²) >= 11 is 4.11. The fourth-order valence-corrected chi connectivity index (χ4v) is 10.0. The van der Waals surface area contributed by atoms with E-state index in [9.17, 15) is 24.0 Å². The highest BCUT2D eigenvalue weighted by atomic mass is 32.1. The SMILES string of the molecule is CCOC(=O)C(CCC(=O)NC(CS)C(=O)NCC(=O)OC)NC(=O)CCCC[P+](c1ccccc1)(c1ccccc1)c1ccccc1. The maximum absolute atomic E-state index is 13.1. The number of methoxy groups -OCH3 is 1. The zero-order valence-corrected chi connectivity index (χ0v) is 29.2. The van der Waals surface area contributed by atoms with Crippen molar-refractivity contribution in [1.82, 2.24) is 16.0 Å². The van der Waals surface area contributed by atoms with Crippen molar-refractivity contribution in [2.45, 2.75) is 51.1 Å². The quantitative estimate of drug-likeness (QED) is 0.0655. The zero-order chi connectivity index (χ0) is 34.8. The van der Waals surface area contributed by atoms with Crippen LogP contribution >= 0.6 is 19.9 Å². The van der Waals surface area contributed by atoms with Gasteiger partial charge in [-0.05, 0) is 62.6 Å². The number of esters is 2. The van der Waals surface area contributed by atoms with E-state index in [-0.39, 0.29) is 44.1 Å². The molecule has 10 nitrogen and oxygen atoms in total. The molecule has 3 N–H and O–H groups in total. The maximum atomic E-state index is 13.1. The Hall–Kier alpha value is -4.21. The lowest BCUT2D eigenvalue weighted by Gasteiger charge is -2.27. The number of carbonyl (C=O) groups excluding carboxylic acids is 5. The van der Waals surface area contributed by atoms with Crippen molar-refractivity contribution in [1.29, 1.82) is 0 Å². The van der Waals surface area contributed by atoms with E-state index in [2.05, 4.69) is 106 Å². The summed E-state index contributed by atoms with van der Waals surface area (Å²) in [5.41, 5.74) is 0. The minimum absolute atomic E-state index is 0.0147. The van der Waals surface area contributed by atoms with Crippen LogP contribution in [0.3, 0.4) is 0 Å². The molecule has 0 radical (unpaired) electrons. The van der Waals surface area contributed by atoms with Gasteiger partial charge in [0.15, 0.2) is 0 Å². The third kappa shape index (κ3) is 11.2. The number of thiol groups is 1. The summed E-state index contributed by atoms with van der Waals surface area (Å²) in [6.07, 6.45) is 2.25. The second-order valence-electron chi connectivity index (χ2n) is 11.0. The molecule has 0 bridgehead atoms. The fraction of sp³-hybridized carbons (Fsp3) is 0.361. The highest BCUT2D eigenvalue weighted by Crippen LogP contribution is 2.55. The Morgan fingerprint density at radius 2 is 1.23 bits per heavy atom. The third-order valence-electron chi connectivity index (χ3n) is 7.77. The van der Waals surface area contributed by atoms with Gasteiger partial charge in [-0.1, -0.05) is 54.6 Å². The molecule has 0 aliphatic heterocycles. The summed E-state index contributed by atoms with van der Waals surface area (Å²) < 4.78 is 9.66. The summed E-state index contributed by atoms with van der Waals surface area (Å²) in [5.74, 6) is -2.72. The van der Waals surface area contributed by atoms with E-state index < -0.39 is 43.1 Å². The van der Waals surface area contributed by atoms with Gasteiger partial charge >= 0.3 is 11.9 Å². The largest absolute Gasteiger partial charge is 0.468 e. The molecule has 0 saturated heterocycles. The van der Waals surface area contributed by atoms with Crippen LogP contribution in [0.25, 0.3) is 0 Å². The van der Waals surface area contributed by atoms with Crippen LogP contribution in [0, 0.1) is 0 Å². The van der Waals surface area contributed by atoms with E-state index in [1.807, 2.05) is 18.2 Å². The van der Waals surface area contributed by atoms with Gasteiger partial charge in [0.25, 0.3) is 0 Å². The number of unbranched alkanes of at least 4 members (excludes halogenated alkanes) is 1. The average Bonchev–Trinajstić information content (AvgIpc) is 3.12. The van der Waals surface area contributed by atoms with Crippen LogP contribution in [0.15, 0.2) is 91.0 Å². The van der Waals surface area contributed by atoms with Gasteiger partial charge in [0, 0.05) is 18.6 Å². The number of rotatable bonds is 19. The van der Waals surface area contributed by atoms with Crippen molar-refractivity contribution in [3.63, 3.8) is 0 Å². The minimum atomic E-state index is -2.03. The Morgan fingerprint density at radius 1 is 0.729 bits per heavy atom. The van der Waals surface area contributed by atoms with Crippen molar-refractivity contribution >= 4 is 65.5 Å². The van der Waals surface area contributed by atoms with Gasteiger partial charge in [-0.15, -0.1) is 0 Å². The molecular formula is C36H45N3O7PS+. The first-order valence-corrected chi connectivity index (χ1v) is 18.6. The number of hydrogen-bond donors (Lipinski definition) is 4. The summed E-state index contributed by atoms with van der Waals surface area (Å²) in [6.45, 7) is 1.43. The van der Waals surface area contributed by atoms with Crippen molar-refractivity contribution in [3.05, 3.63) is 91.0 Å². The van der Waals surface area contributed by atoms with Crippen LogP contribution in [0.5, 0.6) is 0 Å². The van der Waals surface area contributed by atoms with E-state index in [1.54, 1.807) is 6.92 Å². The first kappa shape index (κ1) is 38.2. The predicted octanol–water partition coefficient (Wildman–Crippen LogP) is 2.68. The fourth-order valence-electron chi connectivity index (χ4n) is 5.37. The Bertz CT molecular complexity index is 1380. The lowest BCUT2D eigenvalue weighted by molar-refractivity contribution is -0.147. The lowest BCUT2D eigenvalue weighted by atomic mass is 10.1. The Labute approximate surface area is 288 Å². The van der Waals surface area contributed by atoms with Gasteiger partial charge in [0.1, 0.15) is 41.8 Å². The van der Waals surface area contributed by atoms with Crippen LogP contribution in [0.1, 0.15) is 39.0 Å². The molecule has 0 saturated carbocycles. The van der Waals surface area contributed by atoms with Crippen molar-refractivity contribution in [2.75, 3.05) is 32.2 Å². The summed E-state index contributed by atoms with van der Waals surface area (Å²) in [4.78, 5) is 62.1. The molecule has 0 aliphatic rings. The maximum Gasteiger partial charge on any atom is 0.328 e. The number of hydrogen-bond acceptors (Lipinski definition) is 8. The minimum Gasteiger partial charge on any atom is -0.468 e. The number of carbonyl (C=O) groups is 5. The smallest absolute Gasteiger partial charge is 0.328 e. The molecule has 3 aromatic carbocycles. The van der Waals surface area contributed by atoms with E-state index >= 15 is 0 Å². The second kappa shape index (κ2) is 20.2. The van der Waals surface area contributed by atoms with Gasteiger partial charge in [-0.2, -0.15) is 12.6 Å². The topological polar surface area (TPSA) is 140 Å². The zero-order valence-electron chi connectivity index (χ0n) is 27.4. The molecule has 12 heteroatoms. The summed E-state index contributed by atoms with van der Waals surface area (Å²) in [7, 11) is -0.832. The van der Waals surface area contributed by atoms with Gasteiger partial charge in [-0.25, -0.2) is 4.79 Å². The van der Waals surface area contributed by atoms with E-state index in [0.717, 1.165) is 12.6 Å². The average molecular weight is 695 g/mol. The molecule has 2 unspecified atom stereocenters. The second-order valence-corrected chi connectivity index (χ2v) is 15.0. The lowest BCUT2D eigenvalue weighted by Crippen LogP contribution is -2.49. The first-order valence-electron chi connectivity index (χ1n) is 16.0. The number of benzene rings is 3. The van der Waals surface area contributed by atoms with E-state index in [1.165, 1.54) is 23.0 Å². The number of ether oxygens (including phenoxy) is 2. The number of amides is 3. The molecule has 0 aliphatic carbocycles. The third-order valence-corrected chi connectivity index (χ3v) is 12.7. The highest BCUT2D eigenvalue weighted by Gasteiger charge is 2.44. The van der Waals surface area contributed by atoms with Gasteiger partial charge in [0.2, 0.25) is 17.7 Å². The monoisotopic (exact) mass is 694 g/mol. The molecule has 2 atom stereocenters. The van der Waals surface area contributed by atoms with Crippen molar-refractivity contribution in [3.8, 4) is 0 Å². The van der Waals surface area contributed by atoms with Crippen LogP contribution in [0.2, 0.25) is 0 Å². The van der Waals surface area contributed by atoms with E-state index in [4.69, 9.17) is 4.74 Å². The first-order chi connectivity index (χ1) is 23.2. The Balaban J connectivity index is 1.63. The van der Waals surface area contributed by atoms with Crippen LogP contribution < -0.4 is 31.9 Å². The molecule has 3 aromatic rings. The normalized spacial score (nSPS) is 12.2. The molecule has 256 valence electrons. The van der Waals surface area contributed by atoms with E-state index in [0.29, 0.717) is 6.42 Å². The van der Waals surface area contributed by atoms with Crippen molar-refractivity contribution in [2.24, 2.45) is 0 Å². The molecule has 0 fully saturated rings. The van der Waals surface area contributed by atoms with Gasteiger partial charge < -0.3 is 25.4 Å². The molecular weight excluding hydrogens is 649 g/mol. The van der Waals surface area contributed by atoms with Gasteiger partial charge in [-0.3, -0.25) is 19.2 Å². The van der Waals surface area contributed by atoms with Crippen LogP contribution in [-0.2, 0) is 33.4 Å². The molecule has 3 amide bonds. The predicted molar refractivity (Wildman–Crippen MR) is 192 cm³/mol. The standard InChI is InChI=1S/C36H44N3O7PS/c1-3-46-36(44)30(22-23-33(41)39-31(26-48)35(43)37-25-34(42)45-2)38-32(40)21-13-14-24-47(27-15-7-4-8-16-27,28-17-9-5-10-18-28)29-19-11-6-12-20-29/h4-12,15-20,30-31H,3,13-14,21-26H2,1-2H3,(H3-,37,38,39,40,41,43,48)/p+1. The van der Waals surface area contributed by atoms with Gasteiger partial charge in [0.05, 0.1) is 19.9 Å². The Morgan fingerprint density at radius 3 is 1.71 bits per heavy atom. The Kier molecular flexibility index (Phi) is 16.1. The molecule has 48 heavy (non-hydrogen) atoms. The summed E-state index contributed by atoms with van der Waals surface area (Å²) in [5, 5.41) is 11.5. The molecule has 3 rings (SSSR count). The number of nitrogens with one attached hydrogen (secondary N) is 3. The highest BCUT2D eigenvalue weighted by molar-refractivity contribution is 7.95. The van der Waals surface area contributed by atoms with Crippen LogP contribution in [-0.4, -0.2) is 73.9 Å². The summed E-state index contributed by atoms with van der Waals surface area (Å²) in [6, 6.07) is 29.6. The van der Waals surface area contributed by atoms with Crippen molar-refractivity contribution < 1.29 is 33.4 Å². The molecule has 0 aromatic heterocycles. The molecule has 0 heterocycles. The molecule has 0 spiro atoms. The van der Waals surface area contributed by atoms with Crippen LogP contribution in [0.4, 0.5) is 0 Å².